The fourth-order valence-corrected chi connectivity index (χ4v) is 3.70. The second kappa shape index (κ2) is 9.03. The van der Waals surface area contributed by atoms with Crippen molar-refractivity contribution >= 4 is 5.91 Å². The Balaban J connectivity index is 1.18. The Morgan fingerprint density at radius 1 is 1.14 bits per heavy atom. The molecule has 2 atom stereocenters. The van der Waals surface area contributed by atoms with Gasteiger partial charge in [-0.15, -0.1) is 0 Å². The molecule has 1 aromatic heterocycles. The van der Waals surface area contributed by atoms with E-state index in [1.807, 2.05) is 18.5 Å². The number of carbonyl (C=O) groups excluding carboxylic acids is 1. The summed E-state index contributed by atoms with van der Waals surface area (Å²) >= 11 is 0. The van der Waals surface area contributed by atoms with Gasteiger partial charge in [0.25, 0.3) is 5.91 Å². The summed E-state index contributed by atoms with van der Waals surface area (Å²) in [6, 6.07) is 18.5. The molecule has 3 aromatic rings. The van der Waals surface area contributed by atoms with Crippen molar-refractivity contribution < 1.29 is 10.0 Å². The number of carbonyl (C=O) groups is 1. The number of nitrogens with zero attached hydrogens (tertiary/aromatic N) is 2. The lowest BCUT2D eigenvalue weighted by Crippen LogP contribution is -2.18. The highest BCUT2D eigenvalue weighted by molar-refractivity contribution is 5.93. The topological polar surface area (TPSA) is 79.2 Å². The molecule has 2 aromatic carbocycles. The second-order valence-electron chi connectivity index (χ2n) is 7.58. The first-order chi connectivity index (χ1) is 14.2. The molecule has 1 saturated carbocycles. The van der Waals surface area contributed by atoms with Crippen LogP contribution < -0.4 is 10.8 Å². The largest absolute Gasteiger partial charge is 0.337 e. The molecule has 1 fully saturated rings. The summed E-state index contributed by atoms with van der Waals surface area (Å²) in [6.45, 7) is 1.71. The third-order valence-corrected chi connectivity index (χ3v) is 5.45. The quantitative estimate of drug-likeness (QED) is 0.387. The zero-order chi connectivity index (χ0) is 20.1. The molecule has 0 radical (unpaired) electrons. The van der Waals surface area contributed by atoms with Crippen LogP contribution in [0.1, 0.15) is 45.9 Å². The van der Waals surface area contributed by atoms with Crippen molar-refractivity contribution in [2.24, 2.45) is 0 Å². The van der Waals surface area contributed by atoms with Gasteiger partial charge in [-0.1, -0.05) is 42.5 Å². The summed E-state index contributed by atoms with van der Waals surface area (Å²) in [7, 11) is 0. The maximum absolute atomic E-state index is 11.3. The van der Waals surface area contributed by atoms with E-state index in [9.17, 15) is 4.79 Å². The molecule has 4 rings (SSSR count). The SMILES string of the molecule is O=C(NO)c1ccc(CCCn2cnc(CNC3CC3c3ccccc3)c2)cc1. The van der Waals surface area contributed by atoms with E-state index in [-0.39, 0.29) is 0 Å². The van der Waals surface area contributed by atoms with E-state index in [1.54, 1.807) is 17.6 Å². The Morgan fingerprint density at radius 2 is 1.93 bits per heavy atom. The Labute approximate surface area is 170 Å². The lowest BCUT2D eigenvalue weighted by atomic mass is 10.1. The van der Waals surface area contributed by atoms with E-state index in [0.717, 1.165) is 31.6 Å². The first-order valence-electron chi connectivity index (χ1n) is 10.1. The van der Waals surface area contributed by atoms with Crippen molar-refractivity contribution in [3.05, 3.63) is 89.5 Å². The molecule has 0 spiro atoms. The average molecular weight is 390 g/mol. The van der Waals surface area contributed by atoms with Gasteiger partial charge in [-0.2, -0.15) is 0 Å². The number of rotatable bonds is 9. The lowest BCUT2D eigenvalue weighted by molar-refractivity contribution is 0.0706. The van der Waals surface area contributed by atoms with Crippen molar-refractivity contribution in [1.29, 1.82) is 0 Å². The van der Waals surface area contributed by atoms with E-state index in [1.165, 1.54) is 17.5 Å². The number of hydroxylamine groups is 1. The maximum Gasteiger partial charge on any atom is 0.274 e. The smallest absolute Gasteiger partial charge is 0.274 e. The molecular weight excluding hydrogens is 364 g/mol. The van der Waals surface area contributed by atoms with Gasteiger partial charge in [-0.05, 0) is 42.5 Å². The normalized spacial score (nSPS) is 17.8. The summed E-state index contributed by atoms with van der Waals surface area (Å²) in [5.41, 5.74) is 5.76. The minimum absolute atomic E-state index is 0.452. The third kappa shape index (κ3) is 5.10. The van der Waals surface area contributed by atoms with Crippen molar-refractivity contribution in [2.75, 3.05) is 0 Å². The molecule has 6 heteroatoms. The summed E-state index contributed by atoms with van der Waals surface area (Å²) in [5.74, 6) is 0.144. The molecule has 2 unspecified atom stereocenters. The number of aromatic nitrogens is 2. The minimum Gasteiger partial charge on any atom is -0.337 e. The Kier molecular flexibility index (Phi) is 6.03. The molecule has 6 nitrogen and oxygen atoms in total. The van der Waals surface area contributed by atoms with Gasteiger partial charge < -0.3 is 9.88 Å². The number of hydrogen-bond acceptors (Lipinski definition) is 4. The first-order valence-corrected chi connectivity index (χ1v) is 10.1. The molecule has 1 amide bonds. The van der Waals surface area contributed by atoms with Crippen LogP contribution in [0, 0.1) is 0 Å². The van der Waals surface area contributed by atoms with E-state index in [2.05, 4.69) is 51.4 Å². The first kappa shape index (κ1) is 19.4. The summed E-state index contributed by atoms with van der Waals surface area (Å²) in [6.07, 6.45) is 7.12. The lowest BCUT2D eigenvalue weighted by Gasteiger charge is -2.05. The number of imidazole rings is 1. The number of aryl methyl sites for hydroxylation is 2. The van der Waals surface area contributed by atoms with Crippen LogP contribution >= 0.6 is 0 Å². The average Bonchev–Trinajstić information content (AvgIpc) is 3.42. The number of amides is 1. The summed E-state index contributed by atoms with van der Waals surface area (Å²) in [4.78, 5) is 15.9. The summed E-state index contributed by atoms with van der Waals surface area (Å²) in [5, 5.41) is 12.3. The summed E-state index contributed by atoms with van der Waals surface area (Å²) < 4.78 is 2.13. The minimum atomic E-state index is -0.489. The monoisotopic (exact) mass is 390 g/mol. The van der Waals surface area contributed by atoms with E-state index in [0.29, 0.717) is 17.5 Å². The third-order valence-electron chi connectivity index (χ3n) is 5.45. The number of benzene rings is 2. The van der Waals surface area contributed by atoms with Gasteiger partial charge in [-0.3, -0.25) is 10.0 Å². The molecule has 1 aliphatic carbocycles. The zero-order valence-corrected chi connectivity index (χ0v) is 16.3. The highest BCUT2D eigenvalue weighted by atomic mass is 16.5. The van der Waals surface area contributed by atoms with Gasteiger partial charge in [0.2, 0.25) is 0 Å². The molecule has 150 valence electrons. The van der Waals surface area contributed by atoms with Crippen LogP contribution in [-0.2, 0) is 19.5 Å². The van der Waals surface area contributed by atoms with E-state index >= 15 is 0 Å². The predicted molar refractivity (Wildman–Crippen MR) is 111 cm³/mol. The highest BCUT2D eigenvalue weighted by Gasteiger charge is 2.37. The van der Waals surface area contributed by atoms with Crippen LogP contribution in [0.2, 0.25) is 0 Å². The maximum atomic E-state index is 11.3. The van der Waals surface area contributed by atoms with Gasteiger partial charge >= 0.3 is 0 Å². The van der Waals surface area contributed by atoms with Crippen molar-refractivity contribution in [2.45, 2.75) is 44.3 Å². The molecule has 1 aliphatic rings. The van der Waals surface area contributed by atoms with Crippen molar-refractivity contribution in [3.63, 3.8) is 0 Å². The van der Waals surface area contributed by atoms with Gasteiger partial charge in [0.15, 0.2) is 0 Å². The molecule has 29 heavy (non-hydrogen) atoms. The van der Waals surface area contributed by atoms with Crippen molar-refractivity contribution in [1.82, 2.24) is 20.3 Å². The van der Waals surface area contributed by atoms with Gasteiger partial charge in [-0.25, -0.2) is 10.5 Å². The Morgan fingerprint density at radius 3 is 2.69 bits per heavy atom. The van der Waals surface area contributed by atoms with Crippen LogP contribution in [0.15, 0.2) is 67.1 Å². The fraction of sp³-hybridized carbons (Fsp3) is 0.304. The molecular formula is C23H26N4O2. The van der Waals surface area contributed by atoms with E-state index in [4.69, 9.17) is 5.21 Å². The van der Waals surface area contributed by atoms with E-state index < -0.39 is 5.91 Å². The zero-order valence-electron chi connectivity index (χ0n) is 16.3. The molecule has 0 bridgehead atoms. The molecule has 3 N–H and O–H groups in total. The fourth-order valence-electron chi connectivity index (χ4n) is 3.70. The Bertz CT molecular complexity index is 937. The second-order valence-corrected chi connectivity index (χ2v) is 7.58. The highest BCUT2D eigenvalue weighted by Crippen LogP contribution is 2.40. The van der Waals surface area contributed by atoms with Crippen LogP contribution in [0.4, 0.5) is 0 Å². The molecule has 0 aliphatic heterocycles. The molecule has 0 saturated heterocycles. The standard InChI is InChI=1S/C23H26N4O2/c28-23(26-29)19-10-8-17(9-11-19)5-4-12-27-15-20(25-16-27)14-24-22-13-21(22)18-6-2-1-3-7-18/h1-3,6-11,15-16,21-22,24,29H,4-5,12-14H2,(H,26,28). The van der Waals surface area contributed by atoms with Gasteiger partial charge in [0, 0.05) is 36.8 Å². The van der Waals surface area contributed by atoms with Crippen LogP contribution in [0.3, 0.4) is 0 Å². The van der Waals surface area contributed by atoms with Crippen LogP contribution in [-0.4, -0.2) is 26.7 Å². The molecule has 1 heterocycles. The number of hydrogen-bond donors (Lipinski definition) is 3. The Hall–Kier alpha value is -2.96. The van der Waals surface area contributed by atoms with Crippen LogP contribution in [0.25, 0.3) is 0 Å². The number of nitrogens with one attached hydrogen (secondary N) is 2. The van der Waals surface area contributed by atoms with Crippen LogP contribution in [0.5, 0.6) is 0 Å². The van der Waals surface area contributed by atoms with Gasteiger partial charge in [0.1, 0.15) is 0 Å². The predicted octanol–water partition coefficient (Wildman–Crippen LogP) is 3.28. The van der Waals surface area contributed by atoms with Gasteiger partial charge in [0.05, 0.1) is 12.0 Å². The van der Waals surface area contributed by atoms with Crippen molar-refractivity contribution in [3.8, 4) is 0 Å².